The van der Waals surface area contributed by atoms with Crippen LogP contribution in [-0.4, -0.2) is 59.1 Å². The van der Waals surface area contributed by atoms with E-state index in [1.165, 1.54) is 0 Å². The number of ether oxygens (including phenoxy) is 1. The van der Waals surface area contributed by atoms with Gasteiger partial charge in [-0.1, -0.05) is 5.16 Å². The van der Waals surface area contributed by atoms with E-state index >= 15 is 0 Å². The molecule has 1 saturated heterocycles. The summed E-state index contributed by atoms with van der Waals surface area (Å²) in [6.45, 7) is 7.13. The summed E-state index contributed by atoms with van der Waals surface area (Å²) in [4.78, 5) is 4.54. The van der Waals surface area contributed by atoms with E-state index < -0.39 is 0 Å². The Bertz CT molecular complexity index is 548. The van der Waals surface area contributed by atoms with Crippen LogP contribution < -0.4 is 4.90 Å². The second-order valence-electron chi connectivity index (χ2n) is 5.34. The molecule has 0 radical (unpaired) electrons. The number of anilines is 1. The van der Waals surface area contributed by atoms with Gasteiger partial charge in [0.2, 0.25) is 0 Å². The van der Waals surface area contributed by atoms with Crippen molar-refractivity contribution in [1.82, 2.24) is 20.3 Å². The minimum absolute atomic E-state index is 0.155. The first-order valence-corrected chi connectivity index (χ1v) is 7.61. The van der Waals surface area contributed by atoms with Gasteiger partial charge in [0.05, 0.1) is 18.4 Å². The van der Waals surface area contributed by atoms with E-state index in [9.17, 15) is 0 Å². The van der Waals surface area contributed by atoms with Crippen LogP contribution >= 0.6 is 0 Å². The zero-order chi connectivity index (χ0) is 15.2. The highest BCUT2D eigenvalue weighted by Gasteiger charge is 2.23. The minimum Gasteiger partial charge on any atom is -0.374 e. The van der Waals surface area contributed by atoms with Crippen molar-refractivity contribution in [1.29, 1.82) is 0 Å². The predicted octanol–water partition coefficient (Wildman–Crippen LogP) is 1.19. The fourth-order valence-electron chi connectivity index (χ4n) is 2.68. The van der Waals surface area contributed by atoms with Crippen molar-refractivity contribution in [2.45, 2.75) is 19.6 Å². The normalized spacial score (nSPS) is 19.2. The molecule has 0 N–H and O–H groups in total. The van der Waals surface area contributed by atoms with Crippen LogP contribution in [0.1, 0.15) is 12.6 Å². The Labute approximate surface area is 129 Å². The van der Waals surface area contributed by atoms with Crippen molar-refractivity contribution in [3.8, 4) is 0 Å². The average molecular weight is 303 g/mol. The van der Waals surface area contributed by atoms with E-state index in [1.807, 2.05) is 18.2 Å². The molecule has 0 amide bonds. The first kappa shape index (κ1) is 14.9. The topological polar surface area (TPSA) is 67.5 Å². The van der Waals surface area contributed by atoms with Crippen LogP contribution in [0.4, 0.5) is 5.82 Å². The summed E-state index contributed by atoms with van der Waals surface area (Å²) in [7, 11) is 0. The Morgan fingerprint density at radius 1 is 1.41 bits per heavy atom. The number of likely N-dealkylation sites (N-methyl/N-ethyl adjacent to an activating group) is 1. The van der Waals surface area contributed by atoms with E-state index in [1.54, 1.807) is 12.5 Å². The summed E-state index contributed by atoms with van der Waals surface area (Å²) in [6.07, 6.45) is 3.46. The van der Waals surface area contributed by atoms with Crippen LogP contribution in [0.3, 0.4) is 0 Å². The van der Waals surface area contributed by atoms with Crippen molar-refractivity contribution in [2.24, 2.45) is 0 Å². The quantitative estimate of drug-likeness (QED) is 0.794. The zero-order valence-corrected chi connectivity index (χ0v) is 12.8. The summed E-state index contributed by atoms with van der Waals surface area (Å²) in [5.41, 5.74) is 0.960. The van der Waals surface area contributed by atoms with Crippen LogP contribution in [0, 0.1) is 0 Å². The van der Waals surface area contributed by atoms with Crippen molar-refractivity contribution in [3.05, 3.63) is 36.4 Å². The molecular formula is C15H21N5O2. The summed E-state index contributed by atoms with van der Waals surface area (Å²) in [6, 6.07) is 5.79. The van der Waals surface area contributed by atoms with E-state index in [-0.39, 0.29) is 6.10 Å². The fraction of sp³-hybridized carbons (Fsp3) is 0.533. The lowest BCUT2D eigenvalue weighted by Crippen LogP contribution is -2.47. The molecule has 22 heavy (non-hydrogen) atoms. The summed E-state index contributed by atoms with van der Waals surface area (Å²) < 4.78 is 10.8. The third kappa shape index (κ3) is 3.80. The van der Waals surface area contributed by atoms with Gasteiger partial charge in [-0.3, -0.25) is 4.90 Å². The summed E-state index contributed by atoms with van der Waals surface area (Å²) in [5.74, 6) is 0.891. The molecule has 2 aromatic heterocycles. The van der Waals surface area contributed by atoms with Crippen LogP contribution in [-0.2, 0) is 11.3 Å². The number of nitrogens with zero attached hydrogens (tertiary/aromatic N) is 5. The molecule has 0 bridgehead atoms. The maximum Gasteiger partial charge on any atom is 0.151 e. The van der Waals surface area contributed by atoms with Gasteiger partial charge in [-0.05, 0) is 19.1 Å². The van der Waals surface area contributed by atoms with Gasteiger partial charge >= 0.3 is 0 Å². The molecule has 1 aliphatic heterocycles. The van der Waals surface area contributed by atoms with Crippen LogP contribution in [0.25, 0.3) is 0 Å². The molecule has 0 aromatic carbocycles. The Hall–Kier alpha value is -1.99. The fourth-order valence-corrected chi connectivity index (χ4v) is 2.68. The largest absolute Gasteiger partial charge is 0.374 e. The molecule has 0 saturated carbocycles. The van der Waals surface area contributed by atoms with Gasteiger partial charge in [0.1, 0.15) is 6.26 Å². The first-order valence-electron chi connectivity index (χ1n) is 7.61. The first-order chi connectivity index (χ1) is 10.8. The number of aromatic nitrogens is 3. The third-order valence-corrected chi connectivity index (χ3v) is 3.79. The molecule has 0 unspecified atom stereocenters. The highest BCUT2D eigenvalue weighted by atomic mass is 16.5. The van der Waals surface area contributed by atoms with Gasteiger partial charge in [0.25, 0.3) is 0 Å². The molecule has 0 aliphatic carbocycles. The van der Waals surface area contributed by atoms with Crippen LogP contribution in [0.15, 0.2) is 35.2 Å². The summed E-state index contributed by atoms with van der Waals surface area (Å²) in [5, 5.41) is 12.1. The predicted molar refractivity (Wildman–Crippen MR) is 81.4 cm³/mol. The lowest BCUT2D eigenvalue weighted by molar-refractivity contribution is -0.0274. The Morgan fingerprint density at radius 3 is 3.09 bits per heavy atom. The molecule has 2 aromatic rings. The Morgan fingerprint density at radius 2 is 2.36 bits per heavy atom. The maximum atomic E-state index is 5.91. The van der Waals surface area contributed by atoms with Crippen LogP contribution in [0.5, 0.6) is 0 Å². The molecule has 1 aliphatic rings. The van der Waals surface area contributed by atoms with Gasteiger partial charge in [-0.2, -0.15) is 5.10 Å². The number of hydrogen-bond acceptors (Lipinski definition) is 7. The second-order valence-corrected chi connectivity index (χ2v) is 5.34. The minimum atomic E-state index is 0.155. The summed E-state index contributed by atoms with van der Waals surface area (Å²) >= 11 is 0. The van der Waals surface area contributed by atoms with Crippen molar-refractivity contribution in [2.75, 3.05) is 37.7 Å². The van der Waals surface area contributed by atoms with Crippen molar-refractivity contribution in [3.63, 3.8) is 0 Å². The lowest BCUT2D eigenvalue weighted by atomic mass is 10.2. The molecule has 1 atom stereocenters. The van der Waals surface area contributed by atoms with Gasteiger partial charge in [-0.25, -0.2) is 0 Å². The van der Waals surface area contributed by atoms with Gasteiger partial charge < -0.3 is 14.2 Å². The zero-order valence-electron chi connectivity index (χ0n) is 12.8. The highest BCUT2D eigenvalue weighted by molar-refractivity contribution is 5.36. The highest BCUT2D eigenvalue weighted by Crippen LogP contribution is 2.14. The molecule has 118 valence electrons. The van der Waals surface area contributed by atoms with E-state index in [0.717, 1.165) is 50.8 Å². The van der Waals surface area contributed by atoms with E-state index in [0.29, 0.717) is 0 Å². The lowest BCUT2D eigenvalue weighted by Gasteiger charge is -2.35. The standard InChI is InChI=1S/C15H21N5O2/c1-2-20(15-4-3-6-16-17-15)12-14-11-19(7-9-21-14)10-13-5-8-22-18-13/h3-6,8,14H,2,7,9-12H2,1H3/t14-/m0/s1. The van der Waals surface area contributed by atoms with Gasteiger partial charge in [0.15, 0.2) is 5.82 Å². The van der Waals surface area contributed by atoms with Gasteiger partial charge in [0, 0.05) is 45.0 Å². The van der Waals surface area contributed by atoms with Crippen LogP contribution in [0.2, 0.25) is 0 Å². The molecule has 3 rings (SSSR count). The Balaban J connectivity index is 1.57. The van der Waals surface area contributed by atoms with Crippen molar-refractivity contribution < 1.29 is 9.26 Å². The van der Waals surface area contributed by atoms with Gasteiger partial charge in [-0.15, -0.1) is 5.10 Å². The number of rotatable bonds is 6. The Kier molecular flexibility index (Phi) is 4.97. The maximum absolute atomic E-state index is 5.91. The van der Waals surface area contributed by atoms with Crippen molar-refractivity contribution >= 4 is 5.82 Å². The molecular weight excluding hydrogens is 282 g/mol. The van der Waals surface area contributed by atoms with E-state index in [4.69, 9.17) is 9.26 Å². The molecule has 0 spiro atoms. The molecule has 3 heterocycles. The second kappa shape index (κ2) is 7.33. The average Bonchev–Trinajstić information content (AvgIpc) is 3.07. The molecule has 7 heteroatoms. The molecule has 1 fully saturated rings. The smallest absolute Gasteiger partial charge is 0.151 e. The molecule has 7 nitrogen and oxygen atoms in total. The number of morpholine rings is 1. The SMILES string of the molecule is CCN(C[C@@H]1CN(Cc2ccon2)CCO1)c1cccnn1. The monoisotopic (exact) mass is 303 g/mol. The number of hydrogen-bond donors (Lipinski definition) is 0. The van der Waals surface area contributed by atoms with E-state index in [2.05, 4.69) is 32.1 Å². The third-order valence-electron chi connectivity index (χ3n) is 3.79.